The molecule has 1 N–H and O–H groups in total. The van der Waals surface area contributed by atoms with Crippen molar-refractivity contribution < 1.29 is 4.74 Å². The Morgan fingerprint density at radius 2 is 2.50 bits per heavy atom. The van der Waals surface area contributed by atoms with Crippen molar-refractivity contribution in [2.24, 2.45) is 0 Å². The molecular weight excluding hydrogens is 200 g/mol. The van der Waals surface area contributed by atoms with Crippen LogP contribution in [0.3, 0.4) is 0 Å². The third-order valence-corrected chi connectivity index (χ3v) is 2.48. The van der Waals surface area contributed by atoms with Crippen molar-refractivity contribution in [2.45, 2.75) is 12.5 Å². The van der Waals surface area contributed by atoms with Crippen LogP contribution in [0, 0.1) is 0 Å². The summed E-state index contributed by atoms with van der Waals surface area (Å²) >= 11 is 5.70. The lowest BCUT2D eigenvalue weighted by atomic mass is 10.1. The van der Waals surface area contributed by atoms with Crippen molar-refractivity contribution in [3.63, 3.8) is 0 Å². The number of pyridine rings is 1. The van der Waals surface area contributed by atoms with Crippen LogP contribution >= 0.6 is 11.6 Å². The molecular formula is C10H13ClN2O. The Hall–Kier alpha value is -0.640. The SMILES string of the molecule is Clc1ccc(CC2CNCCO2)cn1. The Bertz CT molecular complexity index is 283. The molecule has 2 rings (SSSR count). The molecule has 3 nitrogen and oxygen atoms in total. The molecule has 2 heterocycles. The number of nitrogens with zero attached hydrogens (tertiary/aromatic N) is 1. The molecule has 1 atom stereocenters. The summed E-state index contributed by atoms with van der Waals surface area (Å²) in [6.45, 7) is 2.67. The summed E-state index contributed by atoms with van der Waals surface area (Å²) in [5.41, 5.74) is 1.17. The molecule has 1 saturated heterocycles. The number of morpholine rings is 1. The van der Waals surface area contributed by atoms with Crippen LogP contribution in [0.4, 0.5) is 0 Å². The fourth-order valence-corrected chi connectivity index (χ4v) is 1.65. The topological polar surface area (TPSA) is 34.1 Å². The van der Waals surface area contributed by atoms with Gasteiger partial charge in [0.25, 0.3) is 0 Å². The van der Waals surface area contributed by atoms with Crippen molar-refractivity contribution in [1.82, 2.24) is 10.3 Å². The van der Waals surface area contributed by atoms with Gasteiger partial charge in [-0.05, 0) is 11.6 Å². The summed E-state index contributed by atoms with van der Waals surface area (Å²) in [5, 5.41) is 3.83. The third kappa shape index (κ3) is 2.67. The minimum Gasteiger partial charge on any atom is -0.375 e. The van der Waals surface area contributed by atoms with Gasteiger partial charge in [0.15, 0.2) is 0 Å². The fraction of sp³-hybridized carbons (Fsp3) is 0.500. The van der Waals surface area contributed by atoms with E-state index < -0.39 is 0 Å². The molecule has 1 unspecified atom stereocenters. The molecule has 1 aromatic heterocycles. The highest BCUT2D eigenvalue weighted by atomic mass is 35.5. The number of hydrogen-bond acceptors (Lipinski definition) is 3. The van der Waals surface area contributed by atoms with Crippen molar-refractivity contribution in [1.29, 1.82) is 0 Å². The van der Waals surface area contributed by atoms with Crippen molar-refractivity contribution in [2.75, 3.05) is 19.7 Å². The van der Waals surface area contributed by atoms with Crippen LogP contribution in [-0.2, 0) is 11.2 Å². The molecule has 4 heteroatoms. The number of rotatable bonds is 2. The van der Waals surface area contributed by atoms with Gasteiger partial charge in [-0.15, -0.1) is 0 Å². The van der Waals surface area contributed by atoms with E-state index in [1.165, 1.54) is 5.56 Å². The Labute approximate surface area is 88.4 Å². The van der Waals surface area contributed by atoms with Crippen LogP contribution in [0.1, 0.15) is 5.56 Å². The Morgan fingerprint density at radius 3 is 3.14 bits per heavy atom. The maximum Gasteiger partial charge on any atom is 0.129 e. The summed E-state index contributed by atoms with van der Waals surface area (Å²) < 4.78 is 5.59. The smallest absolute Gasteiger partial charge is 0.129 e. The number of nitrogens with one attached hydrogen (secondary N) is 1. The number of hydrogen-bond donors (Lipinski definition) is 1. The summed E-state index contributed by atoms with van der Waals surface area (Å²) in [4.78, 5) is 4.03. The van der Waals surface area contributed by atoms with Crippen molar-refractivity contribution >= 4 is 11.6 Å². The summed E-state index contributed by atoms with van der Waals surface area (Å²) in [6, 6.07) is 3.81. The van der Waals surface area contributed by atoms with Crippen LogP contribution in [0.5, 0.6) is 0 Å². The van der Waals surface area contributed by atoms with Crippen LogP contribution in [0.2, 0.25) is 5.15 Å². The molecule has 14 heavy (non-hydrogen) atoms. The van der Waals surface area contributed by atoms with Crippen LogP contribution < -0.4 is 5.32 Å². The van der Waals surface area contributed by atoms with Crippen LogP contribution in [-0.4, -0.2) is 30.8 Å². The molecule has 0 bridgehead atoms. The second kappa shape index (κ2) is 4.73. The lowest BCUT2D eigenvalue weighted by molar-refractivity contribution is 0.0292. The maximum atomic E-state index is 5.70. The normalized spacial score (nSPS) is 22.2. The molecule has 0 radical (unpaired) electrons. The Balaban J connectivity index is 1.92. The van der Waals surface area contributed by atoms with E-state index >= 15 is 0 Å². The first-order chi connectivity index (χ1) is 6.84. The predicted octanol–water partition coefficient (Wildman–Crippen LogP) is 1.27. The first-order valence-electron chi connectivity index (χ1n) is 4.77. The first kappa shape index (κ1) is 9.90. The molecule has 1 aliphatic heterocycles. The number of halogens is 1. The number of ether oxygens (including phenoxy) is 1. The largest absolute Gasteiger partial charge is 0.375 e. The summed E-state index contributed by atoms with van der Waals surface area (Å²) in [6.07, 6.45) is 2.98. The van der Waals surface area contributed by atoms with E-state index in [-0.39, 0.29) is 6.10 Å². The zero-order valence-electron chi connectivity index (χ0n) is 7.87. The molecule has 0 aliphatic carbocycles. The number of aromatic nitrogens is 1. The van der Waals surface area contributed by atoms with E-state index in [4.69, 9.17) is 16.3 Å². The van der Waals surface area contributed by atoms with E-state index in [1.54, 1.807) is 6.20 Å². The van der Waals surface area contributed by atoms with Gasteiger partial charge in [0.05, 0.1) is 12.7 Å². The van der Waals surface area contributed by atoms with E-state index in [0.717, 1.165) is 26.1 Å². The molecule has 0 aromatic carbocycles. The molecule has 1 aliphatic rings. The average Bonchev–Trinajstić information content (AvgIpc) is 2.23. The van der Waals surface area contributed by atoms with E-state index in [0.29, 0.717) is 5.15 Å². The lowest BCUT2D eigenvalue weighted by Gasteiger charge is -2.23. The molecule has 0 saturated carbocycles. The standard InChI is InChI=1S/C10H13ClN2O/c11-10-2-1-8(6-13-10)5-9-7-12-3-4-14-9/h1-2,6,9,12H,3-5,7H2. The van der Waals surface area contributed by atoms with Crippen LogP contribution in [0.25, 0.3) is 0 Å². The molecule has 1 aromatic rings. The monoisotopic (exact) mass is 212 g/mol. The van der Waals surface area contributed by atoms with Gasteiger partial charge in [-0.3, -0.25) is 0 Å². The minimum absolute atomic E-state index is 0.270. The highest BCUT2D eigenvalue weighted by Gasteiger charge is 2.13. The molecule has 0 amide bonds. The van der Waals surface area contributed by atoms with Gasteiger partial charge in [0.1, 0.15) is 5.15 Å². The second-order valence-corrected chi connectivity index (χ2v) is 3.78. The van der Waals surface area contributed by atoms with Gasteiger partial charge in [0.2, 0.25) is 0 Å². The van der Waals surface area contributed by atoms with E-state index in [2.05, 4.69) is 10.3 Å². The van der Waals surface area contributed by atoms with E-state index in [1.807, 2.05) is 12.1 Å². The Morgan fingerprint density at radius 1 is 1.57 bits per heavy atom. The molecule has 1 fully saturated rings. The van der Waals surface area contributed by atoms with Gasteiger partial charge in [-0.25, -0.2) is 4.98 Å². The van der Waals surface area contributed by atoms with Gasteiger partial charge in [-0.2, -0.15) is 0 Å². The first-order valence-corrected chi connectivity index (χ1v) is 5.15. The molecule has 0 spiro atoms. The quantitative estimate of drug-likeness (QED) is 0.750. The highest BCUT2D eigenvalue weighted by Crippen LogP contribution is 2.09. The fourth-order valence-electron chi connectivity index (χ4n) is 1.54. The zero-order valence-corrected chi connectivity index (χ0v) is 8.63. The summed E-state index contributed by atoms with van der Waals surface area (Å²) in [5.74, 6) is 0. The van der Waals surface area contributed by atoms with E-state index in [9.17, 15) is 0 Å². The second-order valence-electron chi connectivity index (χ2n) is 3.39. The maximum absolute atomic E-state index is 5.70. The van der Waals surface area contributed by atoms with Gasteiger partial charge in [0, 0.05) is 25.7 Å². The van der Waals surface area contributed by atoms with Crippen molar-refractivity contribution in [3.05, 3.63) is 29.0 Å². The lowest BCUT2D eigenvalue weighted by Crippen LogP contribution is -2.39. The van der Waals surface area contributed by atoms with Gasteiger partial charge in [-0.1, -0.05) is 17.7 Å². The highest BCUT2D eigenvalue weighted by molar-refractivity contribution is 6.29. The van der Waals surface area contributed by atoms with Crippen molar-refractivity contribution in [3.8, 4) is 0 Å². The van der Waals surface area contributed by atoms with Crippen LogP contribution in [0.15, 0.2) is 18.3 Å². The molecule has 76 valence electrons. The minimum atomic E-state index is 0.270. The average molecular weight is 213 g/mol. The third-order valence-electron chi connectivity index (χ3n) is 2.26. The predicted molar refractivity (Wildman–Crippen MR) is 55.6 cm³/mol. The Kier molecular flexibility index (Phi) is 3.35. The summed E-state index contributed by atoms with van der Waals surface area (Å²) in [7, 11) is 0. The van der Waals surface area contributed by atoms with Gasteiger partial charge >= 0.3 is 0 Å². The van der Waals surface area contributed by atoms with Gasteiger partial charge < -0.3 is 10.1 Å². The zero-order chi connectivity index (χ0) is 9.80.